The molecule has 1 aliphatic heterocycles. The lowest BCUT2D eigenvalue weighted by Crippen LogP contribution is -2.41. The fourth-order valence-corrected chi connectivity index (χ4v) is 6.15. The van der Waals surface area contributed by atoms with E-state index in [1.807, 2.05) is 34.7 Å². The predicted molar refractivity (Wildman–Crippen MR) is 132 cm³/mol. The van der Waals surface area contributed by atoms with Gasteiger partial charge in [-0.25, -0.2) is 9.50 Å². The van der Waals surface area contributed by atoms with E-state index < -0.39 is 0 Å². The molecule has 2 unspecified atom stereocenters. The minimum Gasteiger partial charge on any atom is -0.334 e. The summed E-state index contributed by atoms with van der Waals surface area (Å²) in [7, 11) is 0. The molecule has 34 heavy (non-hydrogen) atoms. The minimum atomic E-state index is 0.0711. The Kier molecular flexibility index (Phi) is 4.25. The van der Waals surface area contributed by atoms with Crippen molar-refractivity contribution in [2.75, 3.05) is 6.54 Å². The third-order valence-corrected chi connectivity index (χ3v) is 8.30. The van der Waals surface area contributed by atoms with Gasteiger partial charge in [0.1, 0.15) is 11.3 Å². The van der Waals surface area contributed by atoms with Crippen LogP contribution in [0.25, 0.3) is 27.9 Å². The van der Waals surface area contributed by atoms with E-state index in [9.17, 15) is 4.79 Å². The van der Waals surface area contributed by atoms with E-state index in [1.54, 1.807) is 0 Å². The monoisotopic (exact) mass is 454 g/mol. The van der Waals surface area contributed by atoms with Crippen LogP contribution in [0, 0.1) is 25.7 Å². The van der Waals surface area contributed by atoms with Crippen LogP contribution in [0.5, 0.6) is 0 Å². The van der Waals surface area contributed by atoms with E-state index in [-0.39, 0.29) is 18.0 Å². The zero-order valence-electron chi connectivity index (χ0n) is 19.7. The zero-order valence-corrected chi connectivity index (χ0v) is 19.7. The Morgan fingerprint density at radius 1 is 1.12 bits per heavy atom. The van der Waals surface area contributed by atoms with Crippen LogP contribution in [0.2, 0.25) is 0 Å². The summed E-state index contributed by atoms with van der Waals surface area (Å²) in [6.07, 6.45) is 6.61. The number of aryl methyl sites for hydroxylation is 2. The molecule has 2 saturated carbocycles. The number of carbonyl (C=O) groups excluding carboxylic acids is 1. The number of likely N-dealkylation sites (tertiary alicyclic amines) is 1. The second-order valence-electron chi connectivity index (χ2n) is 10.6. The van der Waals surface area contributed by atoms with Crippen molar-refractivity contribution in [2.24, 2.45) is 17.6 Å². The minimum absolute atomic E-state index is 0.0711. The molecule has 2 bridgehead atoms. The summed E-state index contributed by atoms with van der Waals surface area (Å²) in [5.74, 6) is 1.24. The van der Waals surface area contributed by atoms with Gasteiger partial charge in [0.25, 0.3) is 5.91 Å². The van der Waals surface area contributed by atoms with Crippen LogP contribution < -0.4 is 5.73 Å². The first-order chi connectivity index (χ1) is 16.5. The summed E-state index contributed by atoms with van der Waals surface area (Å²) in [5, 5.41) is 6.14. The van der Waals surface area contributed by atoms with E-state index >= 15 is 0 Å². The largest absolute Gasteiger partial charge is 0.334 e. The molecule has 0 aromatic carbocycles. The van der Waals surface area contributed by atoms with Gasteiger partial charge in [-0.05, 0) is 81.7 Å². The van der Waals surface area contributed by atoms with E-state index in [4.69, 9.17) is 15.8 Å². The van der Waals surface area contributed by atoms with Gasteiger partial charge in [-0.2, -0.15) is 5.10 Å². The zero-order chi connectivity index (χ0) is 23.1. The predicted octanol–water partition coefficient (Wildman–Crippen LogP) is 3.94. The quantitative estimate of drug-likeness (QED) is 0.506. The topological polar surface area (TPSA) is 81.5 Å². The normalized spacial score (nSPS) is 24.1. The summed E-state index contributed by atoms with van der Waals surface area (Å²) < 4.78 is 4.23. The number of carbonyl (C=O) groups is 1. The van der Waals surface area contributed by atoms with Gasteiger partial charge in [0, 0.05) is 48.0 Å². The van der Waals surface area contributed by atoms with Crippen molar-refractivity contribution in [2.45, 2.75) is 58.2 Å². The van der Waals surface area contributed by atoms with Crippen molar-refractivity contribution < 1.29 is 4.79 Å². The summed E-state index contributed by atoms with van der Waals surface area (Å²) in [4.78, 5) is 20.2. The standard InChI is InChI=1S/C27H30N6O/c1-15-3-6-18-11-23(31(26(18)29-15)12-17-4-5-17)25-16(2)21-9-8-20(14-33(21)30-25)27(34)32-13-19-7-10-22(32)24(19)28/h3,6,8-9,11,14,17,19,22,24H,4-5,7,10,12-13,28H2,1-2H3/t19?,22?,24-/m1/s1. The van der Waals surface area contributed by atoms with Crippen LogP contribution in [0.3, 0.4) is 0 Å². The number of amides is 1. The smallest absolute Gasteiger partial charge is 0.255 e. The van der Waals surface area contributed by atoms with Crippen LogP contribution in [0.4, 0.5) is 0 Å². The second-order valence-corrected chi connectivity index (χ2v) is 10.6. The molecule has 0 radical (unpaired) electrons. The number of piperidine rings is 1. The van der Waals surface area contributed by atoms with Gasteiger partial charge in [0.05, 0.1) is 16.8 Å². The van der Waals surface area contributed by atoms with E-state index in [0.717, 1.165) is 71.0 Å². The number of nitrogens with two attached hydrogens (primary N) is 1. The molecule has 3 aliphatic rings. The number of pyridine rings is 2. The van der Waals surface area contributed by atoms with Crippen LogP contribution in [0.15, 0.2) is 36.5 Å². The first-order valence-corrected chi connectivity index (χ1v) is 12.5. The van der Waals surface area contributed by atoms with E-state index in [2.05, 4.69) is 29.7 Å². The molecule has 1 amide bonds. The van der Waals surface area contributed by atoms with Gasteiger partial charge in [-0.1, -0.05) is 0 Å². The molecule has 4 aromatic heterocycles. The fraction of sp³-hybridized carbons (Fsp3) is 0.444. The van der Waals surface area contributed by atoms with Crippen LogP contribution in [-0.2, 0) is 6.54 Å². The lowest BCUT2D eigenvalue weighted by atomic mass is 10.1. The lowest BCUT2D eigenvalue weighted by molar-refractivity contribution is 0.0700. The molecule has 0 spiro atoms. The van der Waals surface area contributed by atoms with Crippen LogP contribution in [0.1, 0.15) is 47.3 Å². The second kappa shape index (κ2) is 7.15. The number of hydrogen-bond donors (Lipinski definition) is 1. The molecule has 3 atom stereocenters. The maximum Gasteiger partial charge on any atom is 0.255 e. The van der Waals surface area contributed by atoms with Crippen molar-refractivity contribution in [3.63, 3.8) is 0 Å². The summed E-state index contributed by atoms with van der Waals surface area (Å²) in [5.41, 5.74) is 13.3. The maximum absolute atomic E-state index is 13.3. The molecule has 2 N–H and O–H groups in total. The van der Waals surface area contributed by atoms with Gasteiger partial charge >= 0.3 is 0 Å². The Balaban J connectivity index is 1.30. The summed E-state index contributed by atoms with van der Waals surface area (Å²) >= 11 is 0. The molecule has 174 valence electrons. The highest BCUT2D eigenvalue weighted by Crippen LogP contribution is 2.38. The Labute approximate surface area is 198 Å². The molecule has 7 rings (SSSR count). The van der Waals surface area contributed by atoms with Crippen LogP contribution in [-0.4, -0.2) is 48.6 Å². The average molecular weight is 455 g/mol. The van der Waals surface area contributed by atoms with Crippen molar-refractivity contribution in [1.29, 1.82) is 0 Å². The number of aromatic nitrogens is 4. The maximum atomic E-state index is 13.3. The molecule has 4 aromatic rings. The molecular formula is C27H30N6O. The molecule has 5 heterocycles. The van der Waals surface area contributed by atoms with Gasteiger partial charge in [0.2, 0.25) is 0 Å². The Morgan fingerprint density at radius 2 is 1.97 bits per heavy atom. The van der Waals surface area contributed by atoms with Crippen molar-refractivity contribution in [1.82, 2.24) is 24.1 Å². The highest BCUT2D eigenvalue weighted by molar-refractivity contribution is 5.95. The summed E-state index contributed by atoms with van der Waals surface area (Å²) in [6, 6.07) is 10.7. The van der Waals surface area contributed by atoms with Crippen molar-refractivity contribution >= 4 is 22.5 Å². The van der Waals surface area contributed by atoms with Gasteiger partial charge in [-0.15, -0.1) is 0 Å². The first kappa shape index (κ1) is 20.2. The SMILES string of the molecule is Cc1ccc2cc(-c3nn4cc(C(=O)N5CC6CCC5[C@@H]6N)ccc4c3C)n(CC3CC3)c2n1. The number of fused-ring (bicyclic) bond motifs is 4. The molecule has 7 heteroatoms. The van der Waals surface area contributed by atoms with E-state index in [1.165, 1.54) is 12.8 Å². The molecule has 1 saturated heterocycles. The third kappa shape index (κ3) is 2.96. The Bertz CT molecular complexity index is 1460. The fourth-order valence-electron chi connectivity index (χ4n) is 6.15. The van der Waals surface area contributed by atoms with Crippen molar-refractivity contribution in [3.05, 3.63) is 53.3 Å². The van der Waals surface area contributed by atoms with Gasteiger partial charge in [0.15, 0.2) is 0 Å². The molecule has 7 nitrogen and oxygen atoms in total. The Morgan fingerprint density at radius 3 is 2.71 bits per heavy atom. The molecular weight excluding hydrogens is 424 g/mol. The lowest BCUT2D eigenvalue weighted by Gasteiger charge is -2.27. The van der Waals surface area contributed by atoms with Gasteiger partial charge < -0.3 is 15.2 Å². The van der Waals surface area contributed by atoms with E-state index in [0.29, 0.717) is 11.5 Å². The molecule has 2 aliphatic carbocycles. The number of hydrogen-bond acceptors (Lipinski definition) is 4. The highest BCUT2D eigenvalue weighted by Gasteiger charge is 2.46. The third-order valence-electron chi connectivity index (χ3n) is 8.30. The molecule has 3 fully saturated rings. The van der Waals surface area contributed by atoms with Crippen molar-refractivity contribution in [3.8, 4) is 11.4 Å². The Hall–Kier alpha value is -3.19. The average Bonchev–Trinajstić information content (AvgIpc) is 3.26. The first-order valence-electron chi connectivity index (χ1n) is 12.5. The van der Waals surface area contributed by atoms with Crippen LogP contribution >= 0.6 is 0 Å². The number of rotatable bonds is 4. The van der Waals surface area contributed by atoms with Gasteiger partial charge in [-0.3, -0.25) is 4.79 Å². The number of nitrogens with zero attached hydrogens (tertiary/aromatic N) is 5. The highest BCUT2D eigenvalue weighted by atomic mass is 16.2. The summed E-state index contributed by atoms with van der Waals surface area (Å²) in [6.45, 7) is 5.92.